The Bertz CT molecular complexity index is 1000. The van der Waals surface area contributed by atoms with Crippen LogP contribution in [-0.4, -0.2) is 22.0 Å². The number of nitrogens with one attached hydrogen (secondary N) is 1. The molecule has 4 rings (SSSR count). The molecule has 8 heteroatoms. The molecule has 1 fully saturated rings. The van der Waals surface area contributed by atoms with E-state index in [1.165, 1.54) is 6.07 Å². The fraction of sp³-hybridized carbons (Fsp3) is 0.263. The van der Waals surface area contributed by atoms with Gasteiger partial charge in [0.15, 0.2) is 11.6 Å². The van der Waals surface area contributed by atoms with E-state index in [2.05, 4.69) is 15.5 Å². The number of carbonyl (C=O) groups excluding carboxylic acids is 2. The first kappa shape index (κ1) is 17.0. The lowest BCUT2D eigenvalue weighted by molar-refractivity contribution is 0.0931. The van der Waals surface area contributed by atoms with Crippen molar-refractivity contribution in [3.8, 4) is 11.3 Å². The van der Waals surface area contributed by atoms with Crippen LogP contribution in [0.25, 0.3) is 11.3 Å². The minimum Gasteiger partial charge on any atom is -0.451 e. The first-order valence-corrected chi connectivity index (χ1v) is 8.65. The van der Waals surface area contributed by atoms with Gasteiger partial charge in [0.1, 0.15) is 11.8 Å². The van der Waals surface area contributed by atoms with Crippen molar-refractivity contribution in [2.24, 2.45) is 5.73 Å². The van der Waals surface area contributed by atoms with Crippen molar-refractivity contribution < 1.29 is 18.5 Å². The number of hydrogen-bond acceptors (Lipinski definition) is 6. The van der Waals surface area contributed by atoms with Gasteiger partial charge in [0.2, 0.25) is 5.89 Å². The molecule has 1 aliphatic rings. The first-order valence-electron chi connectivity index (χ1n) is 8.65. The summed E-state index contributed by atoms with van der Waals surface area (Å²) in [7, 11) is 0. The molecule has 1 atom stereocenters. The highest BCUT2D eigenvalue weighted by molar-refractivity contribution is 5.95. The van der Waals surface area contributed by atoms with Crippen molar-refractivity contribution in [2.45, 2.75) is 31.7 Å². The molecule has 1 aliphatic carbocycles. The number of nitrogens with zero attached hydrogens (tertiary/aromatic N) is 2. The molecule has 3 aromatic rings. The maximum atomic E-state index is 12.6. The molecule has 1 saturated carbocycles. The SMILES string of the molecule is C[C@@H](NC(=O)c1cccc(-c2ccc(C(N)=O)o2)c1)c1nc(C2CC2)no1. The van der Waals surface area contributed by atoms with Crippen LogP contribution in [0.15, 0.2) is 45.3 Å². The standard InChI is InChI=1S/C19H18N4O4/c1-10(19-22-17(23-27-19)11-5-6-11)21-18(25)13-4-2-3-12(9-13)14-7-8-15(26-14)16(20)24/h2-4,7-11H,5-6H2,1H3,(H2,20,24)(H,21,25)/t10-/m1/s1. The predicted octanol–water partition coefficient (Wildman–Crippen LogP) is 2.80. The molecule has 138 valence electrons. The van der Waals surface area contributed by atoms with Crippen molar-refractivity contribution in [3.05, 3.63) is 59.4 Å². The van der Waals surface area contributed by atoms with E-state index >= 15 is 0 Å². The van der Waals surface area contributed by atoms with E-state index in [1.807, 2.05) is 0 Å². The third-order valence-electron chi connectivity index (χ3n) is 4.38. The molecule has 0 aliphatic heterocycles. The van der Waals surface area contributed by atoms with Gasteiger partial charge < -0.3 is 20.0 Å². The van der Waals surface area contributed by atoms with Crippen molar-refractivity contribution in [3.63, 3.8) is 0 Å². The van der Waals surface area contributed by atoms with Crippen LogP contribution in [0.3, 0.4) is 0 Å². The van der Waals surface area contributed by atoms with Crippen LogP contribution in [0, 0.1) is 0 Å². The number of nitrogens with two attached hydrogens (primary N) is 1. The highest BCUT2D eigenvalue weighted by Crippen LogP contribution is 2.38. The third kappa shape index (κ3) is 3.59. The molecular formula is C19H18N4O4. The van der Waals surface area contributed by atoms with Crippen LogP contribution in [0.5, 0.6) is 0 Å². The Hall–Kier alpha value is -3.42. The summed E-state index contributed by atoms with van der Waals surface area (Å²) in [5, 5.41) is 6.81. The second kappa shape index (κ2) is 6.71. The molecule has 0 spiro atoms. The van der Waals surface area contributed by atoms with Crippen LogP contribution in [-0.2, 0) is 0 Å². The summed E-state index contributed by atoms with van der Waals surface area (Å²) in [5.74, 6) is 1.08. The lowest BCUT2D eigenvalue weighted by Gasteiger charge is -2.10. The largest absolute Gasteiger partial charge is 0.451 e. The van der Waals surface area contributed by atoms with Crippen molar-refractivity contribution in [1.82, 2.24) is 15.5 Å². The van der Waals surface area contributed by atoms with E-state index in [9.17, 15) is 9.59 Å². The molecule has 0 bridgehead atoms. The Morgan fingerprint density at radius 1 is 1.26 bits per heavy atom. The molecule has 0 unspecified atom stereocenters. The van der Waals surface area contributed by atoms with E-state index in [0.29, 0.717) is 34.5 Å². The van der Waals surface area contributed by atoms with Gasteiger partial charge in [-0.1, -0.05) is 17.3 Å². The normalized spacial score (nSPS) is 14.7. The molecule has 3 N–H and O–H groups in total. The first-order chi connectivity index (χ1) is 13.0. The van der Waals surface area contributed by atoms with Gasteiger partial charge in [-0.25, -0.2) is 0 Å². The number of amides is 2. The zero-order chi connectivity index (χ0) is 19.0. The van der Waals surface area contributed by atoms with Crippen molar-refractivity contribution in [1.29, 1.82) is 0 Å². The Morgan fingerprint density at radius 2 is 2.07 bits per heavy atom. The summed E-state index contributed by atoms with van der Waals surface area (Å²) in [4.78, 5) is 28.1. The van der Waals surface area contributed by atoms with Crippen LogP contribution in [0.4, 0.5) is 0 Å². The number of carbonyl (C=O) groups is 2. The maximum absolute atomic E-state index is 12.6. The van der Waals surface area contributed by atoms with Gasteiger partial charge in [-0.15, -0.1) is 0 Å². The van der Waals surface area contributed by atoms with Gasteiger partial charge in [-0.05, 0) is 44.0 Å². The number of furan rings is 1. The third-order valence-corrected chi connectivity index (χ3v) is 4.38. The van der Waals surface area contributed by atoms with E-state index in [1.54, 1.807) is 37.3 Å². The molecule has 27 heavy (non-hydrogen) atoms. The molecule has 0 saturated heterocycles. The average molecular weight is 366 g/mol. The minimum atomic E-state index is -0.644. The number of rotatable bonds is 6. The summed E-state index contributed by atoms with van der Waals surface area (Å²) >= 11 is 0. The fourth-order valence-electron chi connectivity index (χ4n) is 2.71. The Morgan fingerprint density at radius 3 is 2.78 bits per heavy atom. The van der Waals surface area contributed by atoms with Crippen LogP contribution >= 0.6 is 0 Å². The lowest BCUT2D eigenvalue weighted by Crippen LogP contribution is -2.26. The zero-order valence-electron chi connectivity index (χ0n) is 14.6. The summed E-state index contributed by atoms with van der Waals surface area (Å²) in [6.07, 6.45) is 2.16. The van der Waals surface area contributed by atoms with Gasteiger partial charge in [-0.3, -0.25) is 9.59 Å². The fourth-order valence-corrected chi connectivity index (χ4v) is 2.71. The van der Waals surface area contributed by atoms with Gasteiger partial charge in [0.25, 0.3) is 11.8 Å². The highest BCUT2D eigenvalue weighted by atomic mass is 16.5. The molecule has 2 aromatic heterocycles. The second-order valence-electron chi connectivity index (χ2n) is 6.57. The maximum Gasteiger partial charge on any atom is 0.284 e. The number of hydrogen-bond donors (Lipinski definition) is 2. The molecular weight excluding hydrogens is 348 g/mol. The quantitative estimate of drug-likeness (QED) is 0.691. The summed E-state index contributed by atoms with van der Waals surface area (Å²) in [6, 6.07) is 9.61. The summed E-state index contributed by atoms with van der Waals surface area (Å²) in [6.45, 7) is 1.79. The number of aromatic nitrogens is 2. The monoisotopic (exact) mass is 366 g/mol. The van der Waals surface area contributed by atoms with Crippen molar-refractivity contribution >= 4 is 11.8 Å². The molecule has 2 amide bonds. The molecule has 1 aromatic carbocycles. The van der Waals surface area contributed by atoms with Crippen LogP contribution < -0.4 is 11.1 Å². The van der Waals surface area contributed by atoms with Gasteiger partial charge >= 0.3 is 0 Å². The van der Waals surface area contributed by atoms with Crippen LogP contribution in [0.1, 0.15) is 64.4 Å². The molecule has 0 radical (unpaired) electrons. The van der Waals surface area contributed by atoms with E-state index in [0.717, 1.165) is 12.8 Å². The Kier molecular flexibility index (Phi) is 4.23. The molecule has 8 nitrogen and oxygen atoms in total. The second-order valence-corrected chi connectivity index (χ2v) is 6.57. The average Bonchev–Trinajstić information content (AvgIpc) is 3.19. The lowest BCUT2D eigenvalue weighted by atomic mass is 10.1. The number of primary amides is 1. The smallest absolute Gasteiger partial charge is 0.284 e. The van der Waals surface area contributed by atoms with Crippen LogP contribution in [0.2, 0.25) is 0 Å². The van der Waals surface area contributed by atoms with Gasteiger partial charge in [0, 0.05) is 17.0 Å². The molecule has 2 heterocycles. The van der Waals surface area contributed by atoms with E-state index in [4.69, 9.17) is 14.7 Å². The van der Waals surface area contributed by atoms with Gasteiger partial charge in [-0.2, -0.15) is 4.98 Å². The summed E-state index contributed by atoms with van der Waals surface area (Å²) < 4.78 is 10.7. The Labute approximate surface area is 154 Å². The Balaban J connectivity index is 1.48. The topological polar surface area (TPSA) is 124 Å². The minimum absolute atomic E-state index is 0.0661. The van der Waals surface area contributed by atoms with Crippen molar-refractivity contribution in [2.75, 3.05) is 0 Å². The summed E-state index contributed by atoms with van der Waals surface area (Å²) in [5.41, 5.74) is 6.31. The predicted molar refractivity (Wildman–Crippen MR) is 94.8 cm³/mol. The van der Waals surface area contributed by atoms with Gasteiger partial charge in [0.05, 0.1) is 0 Å². The van der Waals surface area contributed by atoms with E-state index < -0.39 is 11.9 Å². The highest BCUT2D eigenvalue weighted by Gasteiger charge is 2.29. The van der Waals surface area contributed by atoms with E-state index in [-0.39, 0.29) is 11.7 Å². The zero-order valence-corrected chi connectivity index (χ0v) is 14.6. The number of benzene rings is 1.